The van der Waals surface area contributed by atoms with E-state index in [1.165, 1.54) is 0 Å². The summed E-state index contributed by atoms with van der Waals surface area (Å²) in [6.07, 6.45) is 8.15. The van der Waals surface area contributed by atoms with Crippen LogP contribution in [0.25, 0.3) is 22.3 Å². The first kappa shape index (κ1) is 22.1. The van der Waals surface area contributed by atoms with Gasteiger partial charge in [0, 0.05) is 11.1 Å². The van der Waals surface area contributed by atoms with Gasteiger partial charge in [0.15, 0.2) is 11.6 Å². The van der Waals surface area contributed by atoms with Crippen molar-refractivity contribution in [2.45, 2.75) is 38.0 Å². The van der Waals surface area contributed by atoms with Gasteiger partial charge in [0.25, 0.3) is 0 Å². The van der Waals surface area contributed by atoms with E-state index in [0.717, 1.165) is 31.2 Å². The van der Waals surface area contributed by atoms with Gasteiger partial charge in [0.05, 0.1) is 0 Å². The molecule has 1 aliphatic carbocycles. The molecule has 164 valence electrons. The minimum absolute atomic E-state index is 0.188. The zero-order valence-electron chi connectivity index (χ0n) is 18.1. The Bertz CT molecular complexity index is 1120. The van der Waals surface area contributed by atoms with Gasteiger partial charge < -0.3 is 0 Å². The van der Waals surface area contributed by atoms with E-state index in [0.29, 0.717) is 28.5 Å². The lowest BCUT2D eigenvalue weighted by molar-refractivity contribution is 0.375. The second-order valence-electron chi connectivity index (χ2n) is 8.56. The molecule has 1 aliphatic rings. The molecule has 0 aromatic heterocycles. The summed E-state index contributed by atoms with van der Waals surface area (Å²) in [4.78, 5) is 0. The van der Waals surface area contributed by atoms with E-state index in [1.807, 2.05) is 18.2 Å². The van der Waals surface area contributed by atoms with E-state index in [1.54, 1.807) is 48.5 Å². The van der Waals surface area contributed by atoms with Crippen LogP contribution in [0, 0.1) is 23.4 Å². The number of halogens is 3. The number of benzene rings is 3. The highest BCUT2D eigenvalue weighted by Gasteiger charge is 2.21. The average Bonchev–Trinajstić information content (AvgIpc) is 2.82. The van der Waals surface area contributed by atoms with Crippen molar-refractivity contribution >= 4 is 0 Å². The fraction of sp³-hybridized carbons (Fsp3) is 0.241. The SMILES string of the molecule is C=CCc1ccc(-c2ccc(-c3ccc(C4CCC(C=C)CC4)cc3F)cc2)c(F)c1F. The molecule has 3 heteroatoms. The second kappa shape index (κ2) is 9.60. The Morgan fingerprint density at radius 1 is 0.750 bits per heavy atom. The van der Waals surface area contributed by atoms with Crippen LogP contribution >= 0.6 is 0 Å². The third kappa shape index (κ3) is 4.43. The standard InChI is InChI=1S/C29H27F3/c1-3-5-23-14-17-26(29(32)28(23)31)22-12-10-21(11-13-22)25-16-15-24(18-27(25)30)20-8-6-19(4-2)7-9-20/h3-4,10-20H,1-2,5-9H2. The van der Waals surface area contributed by atoms with Crippen LogP contribution in [0.5, 0.6) is 0 Å². The number of hydrogen-bond donors (Lipinski definition) is 0. The fourth-order valence-corrected chi connectivity index (χ4v) is 4.66. The molecular formula is C29H27F3. The van der Waals surface area contributed by atoms with Gasteiger partial charge in [-0.15, -0.1) is 13.2 Å². The van der Waals surface area contributed by atoms with E-state index in [4.69, 9.17) is 0 Å². The molecule has 0 nitrogen and oxygen atoms in total. The van der Waals surface area contributed by atoms with Crippen LogP contribution in [0.1, 0.15) is 42.7 Å². The lowest BCUT2D eigenvalue weighted by Crippen LogP contribution is -2.11. The molecule has 0 bridgehead atoms. The molecule has 0 spiro atoms. The highest BCUT2D eigenvalue weighted by Crippen LogP contribution is 2.38. The maximum absolute atomic E-state index is 15.0. The third-order valence-electron chi connectivity index (χ3n) is 6.60. The predicted octanol–water partition coefficient (Wildman–Crippen LogP) is 8.63. The average molecular weight is 433 g/mol. The van der Waals surface area contributed by atoms with Crippen molar-refractivity contribution in [3.8, 4) is 22.3 Å². The maximum Gasteiger partial charge on any atom is 0.166 e. The summed E-state index contributed by atoms with van der Waals surface area (Å²) in [6, 6.07) is 15.5. The quantitative estimate of drug-likeness (QED) is 0.342. The summed E-state index contributed by atoms with van der Waals surface area (Å²) in [7, 11) is 0. The van der Waals surface area contributed by atoms with Crippen LogP contribution in [0.4, 0.5) is 13.2 Å². The summed E-state index contributed by atoms with van der Waals surface area (Å²) >= 11 is 0. The molecule has 0 N–H and O–H groups in total. The minimum atomic E-state index is -0.876. The van der Waals surface area contributed by atoms with Crippen molar-refractivity contribution in [3.05, 3.63) is 108 Å². The molecule has 1 saturated carbocycles. The Labute approximate surface area is 188 Å². The summed E-state index contributed by atoms with van der Waals surface area (Å²) in [5, 5.41) is 0. The molecule has 0 saturated heterocycles. The molecule has 1 fully saturated rings. The monoisotopic (exact) mass is 432 g/mol. The highest BCUT2D eigenvalue weighted by molar-refractivity contribution is 5.71. The van der Waals surface area contributed by atoms with Gasteiger partial charge in [-0.3, -0.25) is 0 Å². The molecule has 0 radical (unpaired) electrons. The van der Waals surface area contributed by atoms with Crippen molar-refractivity contribution in [1.82, 2.24) is 0 Å². The number of hydrogen-bond acceptors (Lipinski definition) is 0. The number of allylic oxidation sites excluding steroid dienone is 2. The van der Waals surface area contributed by atoms with Crippen molar-refractivity contribution in [3.63, 3.8) is 0 Å². The van der Waals surface area contributed by atoms with E-state index < -0.39 is 11.6 Å². The van der Waals surface area contributed by atoms with Crippen LogP contribution in [-0.2, 0) is 6.42 Å². The molecule has 32 heavy (non-hydrogen) atoms. The van der Waals surface area contributed by atoms with Crippen molar-refractivity contribution in [2.75, 3.05) is 0 Å². The van der Waals surface area contributed by atoms with Crippen LogP contribution in [0.15, 0.2) is 79.9 Å². The van der Waals surface area contributed by atoms with Gasteiger partial charge in [-0.25, -0.2) is 13.2 Å². The molecule has 4 rings (SSSR count). The van der Waals surface area contributed by atoms with Gasteiger partial charge in [0.2, 0.25) is 0 Å². The first-order chi connectivity index (χ1) is 15.5. The summed E-state index contributed by atoms with van der Waals surface area (Å²) < 4.78 is 43.8. The lowest BCUT2D eigenvalue weighted by atomic mass is 9.78. The van der Waals surface area contributed by atoms with Gasteiger partial charge in [0.1, 0.15) is 5.82 Å². The van der Waals surface area contributed by atoms with E-state index >= 15 is 0 Å². The van der Waals surface area contributed by atoms with Crippen molar-refractivity contribution in [1.29, 1.82) is 0 Å². The fourth-order valence-electron chi connectivity index (χ4n) is 4.66. The van der Waals surface area contributed by atoms with Crippen LogP contribution in [0.3, 0.4) is 0 Å². The highest BCUT2D eigenvalue weighted by atomic mass is 19.2. The van der Waals surface area contributed by atoms with Crippen LogP contribution < -0.4 is 0 Å². The Balaban J connectivity index is 1.55. The van der Waals surface area contributed by atoms with Gasteiger partial charge in [-0.2, -0.15) is 0 Å². The van der Waals surface area contributed by atoms with Gasteiger partial charge >= 0.3 is 0 Å². The Morgan fingerprint density at radius 3 is 1.97 bits per heavy atom. The molecule has 0 atom stereocenters. The number of rotatable bonds is 6. The molecule has 0 unspecified atom stereocenters. The largest absolute Gasteiger partial charge is 0.206 e. The smallest absolute Gasteiger partial charge is 0.166 e. The van der Waals surface area contributed by atoms with Gasteiger partial charge in [-0.05, 0) is 72.3 Å². The van der Waals surface area contributed by atoms with E-state index in [-0.39, 0.29) is 23.4 Å². The van der Waals surface area contributed by atoms with Crippen molar-refractivity contribution < 1.29 is 13.2 Å². The summed E-state index contributed by atoms with van der Waals surface area (Å²) in [5.74, 6) is -1.02. The normalized spacial score (nSPS) is 18.3. The minimum Gasteiger partial charge on any atom is -0.206 e. The Morgan fingerprint density at radius 2 is 1.38 bits per heavy atom. The molecule has 3 aromatic carbocycles. The Kier molecular flexibility index (Phi) is 6.64. The molecular weight excluding hydrogens is 405 g/mol. The zero-order chi connectivity index (χ0) is 22.7. The first-order valence-electron chi connectivity index (χ1n) is 11.1. The van der Waals surface area contributed by atoms with Crippen LogP contribution in [-0.4, -0.2) is 0 Å². The zero-order valence-corrected chi connectivity index (χ0v) is 18.1. The van der Waals surface area contributed by atoms with E-state index in [2.05, 4.69) is 13.2 Å². The predicted molar refractivity (Wildman–Crippen MR) is 126 cm³/mol. The molecule has 3 aromatic rings. The summed E-state index contributed by atoms with van der Waals surface area (Å²) in [6.45, 7) is 7.45. The Hall–Kier alpha value is -3.07. The van der Waals surface area contributed by atoms with Crippen LogP contribution in [0.2, 0.25) is 0 Å². The topological polar surface area (TPSA) is 0 Å². The third-order valence-corrected chi connectivity index (χ3v) is 6.60. The molecule has 0 aliphatic heterocycles. The summed E-state index contributed by atoms with van der Waals surface area (Å²) in [5.41, 5.74) is 3.27. The lowest BCUT2D eigenvalue weighted by Gasteiger charge is -2.27. The second-order valence-corrected chi connectivity index (χ2v) is 8.56. The van der Waals surface area contributed by atoms with Gasteiger partial charge in [-0.1, -0.05) is 60.7 Å². The maximum atomic E-state index is 15.0. The van der Waals surface area contributed by atoms with E-state index in [9.17, 15) is 13.2 Å². The first-order valence-corrected chi connectivity index (χ1v) is 11.1. The van der Waals surface area contributed by atoms with Crippen molar-refractivity contribution in [2.24, 2.45) is 5.92 Å². The molecule has 0 amide bonds. The molecule has 0 heterocycles.